The molecule has 3 aromatic heterocycles. The maximum absolute atomic E-state index is 12.9. The fourth-order valence-corrected chi connectivity index (χ4v) is 6.07. The summed E-state index contributed by atoms with van der Waals surface area (Å²) in [5, 5.41) is 2.33. The molecular weight excluding hydrogens is 433 g/mol. The summed E-state index contributed by atoms with van der Waals surface area (Å²) >= 11 is 3.03. The molecular formula is C20H19F3N4OS2. The number of pyridine rings is 1. The minimum Gasteiger partial charge on any atom is -0.379 e. The van der Waals surface area contributed by atoms with E-state index in [4.69, 9.17) is 14.7 Å². The molecule has 0 saturated carbocycles. The third kappa shape index (κ3) is 4.05. The van der Waals surface area contributed by atoms with Crippen molar-refractivity contribution in [1.82, 2.24) is 19.9 Å². The van der Waals surface area contributed by atoms with E-state index < -0.39 is 11.7 Å². The van der Waals surface area contributed by atoms with Gasteiger partial charge in [0.2, 0.25) is 0 Å². The third-order valence-corrected chi connectivity index (χ3v) is 7.44. The molecule has 0 radical (unpaired) electrons. The topological polar surface area (TPSA) is 51.1 Å². The first-order chi connectivity index (χ1) is 14.5. The summed E-state index contributed by atoms with van der Waals surface area (Å²) in [4.78, 5) is 18.3. The van der Waals surface area contributed by atoms with E-state index in [-0.39, 0.29) is 0 Å². The fourth-order valence-electron chi connectivity index (χ4n) is 3.82. The van der Waals surface area contributed by atoms with Crippen LogP contribution in [0.25, 0.3) is 10.2 Å². The SMILES string of the molecule is FC(F)(F)c1ccc(Sc2nc(CN3CCOCC3)nc3sc4c(c23)CCC4)nc1. The van der Waals surface area contributed by atoms with Gasteiger partial charge in [-0.15, -0.1) is 11.3 Å². The lowest BCUT2D eigenvalue weighted by molar-refractivity contribution is -0.137. The number of halogens is 3. The zero-order chi connectivity index (χ0) is 20.7. The summed E-state index contributed by atoms with van der Waals surface area (Å²) in [6.45, 7) is 3.71. The number of rotatable bonds is 4. The Morgan fingerprint density at radius 2 is 1.97 bits per heavy atom. The van der Waals surface area contributed by atoms with Crippen LogP contribution in [0.5, 0.6) is 0 Å². The van der Waals surface area contributed by atoms with Crippen LogP contribution in [0, 0.1) is 0 Å². The van der Waals surface area contributed by atoms with Gasteiger partial charge in [-0.25, -0.2) is 15.0 Å². The fraction of sp³-hybridized carbons (Fsp3) is 0.450. The average Bonchev–Trinajstić information content (AvgIpc) is 3.29. The van der Waals surface area contributed by atoms with Crippen LogP contribution in [0.1, 0.15) is 28.2 Å². The van der Waals surface area contributed by atoms with Gasteiger partial charge in [-0.05, 0) is 48.7 Å². The lowest BCUT2D eigenvalue weighted by Gasteiger charge is -2.25. The highest BCUT2D eigenvalue weighted by Crippen LogP contribution is 2.42. The second-order valence-corrected chi connectivity index (χ2v) is 9.45. The van der Waals surface area contributed by atoms with Crippen molar-refractivity contribution in [3.8, 4) is 0 Å². The normalized spacial score (nSPS) is 17.6. The molecule has 0 bridgehead atoms. The number of aryl methyl sites for hydroxylation is 2. The number of thiophene rings is 1. The molecule has 0 aromatic carbocycles. The Balaban J connectivity index is 1.50. The van der Waals surface area contributed by atoms with E-state index in [1.54, 1.807) is 11.3 Å². The van der Waals surface area contributed by atoms with Gasteiger partial charge >= 0.3 is 6.18 Å². The number of nitrogens with zero attached hydrogens (tertiary/aromatic N) is 4. The zero-order valence-corrected chi connectivity index (χ0v) is 17.7. The summed E-state index contributed by atoms with van der Waals surface area (Å²) in [6, 6.07) is 2.48. The molecule has 0 unspecified atom stereocenters. The quantitative estimate of drug-likeness (QED) is 0.541. The van der Waals surface area contributed by atoms with Crippen molar-refractivity contribution in [3.63, 3.8) is 0 Å². The molecule has 0 atom stereocenters. The first-order valence-electron chi connectivity index (χ1n) is 9.80. The number of hydrogen-bond donors (Lipinski definition) is 0. The van der Waals surface area contributed by atoms with E-state index in [2.05, 4.69) is 9.88 Å². The molecule has 2 aliphatic rings. The summed E-state index contributed by atoms with van der Waals surface area (Å²) in [5.74, 6) is 0.735. The van der Waals surface area contributed by atoms with Crippen molar-refractivity contribution < 1.29 is 17.9 Å². The number of ether oxygens (including phenoxy) is 1. The standard InChI is InChI=1S/C20H19F3N4OS2/c21-20(22,23)12-4-5-16(24-10-12)30-19-17-13-2-1-3-14(13)29-18(17)25-15(26-19)11-27-6-8-28-9-7-27/h4-5,10H,1-3,6-9,11H2. The van der Waals surface area contributed by atoms with Crippen LogP contribution < -0.4 is 0 Å². The minimum absolute atomic E-state index is 0.498. The molecule has 0 amide bonds. The van der Waals surface area contributed by atoms with E-state index in [0.29, 0.717) is 24.8 Å². The van der Waals surface area contributed by atoms with Gasteiger partial charge in [-0.2, -0.15) is 13.2 Å². The largest absolute Gasteiger partial charge is 0.417 e. The summed E-state index contributed by atoms with van der Waals surface area (Å²) in [5.41, 5.74) is 0.548. The molecule has 1 aliphatic heterocycles. The molecule has 1 saturated heterocycles. The van der Waals surface area contributed by atoms with Crippen molar-refractivity contribution in [2.75, 3.05) is 26.3 Å². The average molecular weight is 453 g/mol. The second kappa shape index (κ2) is 8.07. The van der Waals surface area contributed by atoms with Crippen LogP contribution in [0.15, 0.2) is 28.4 Å². The second-order valence-electron chi connectivity index (χ2n) is 7.36. The third-order valence-electron chi connectivity index (χ3n) is 5.31. The van der Waals surface area contributed by atoms with Crippen molar-refractivity contribution in [2.24, 2.45) is 0 Å². The lowest BCUT2D eigenvalue weighted by atomic mass is 10.2. The van der Waals surface area contributed by atoms with Crippen LogP contribution in [0.3, 0.4) is 0 Å². The predicted molar refractivity (Wildman–Crippen MR) is 109 cm³/mol. The highest BCUT2D eigenvalue weighted by atomic mass is 32.2. The zero-order valence-electron chi connectivity index (χ0n) is 16.0. The number of alkyl halides is 3. The van der Waals surface area contributed by atoms with Gasteiger partial charge in [-0.1, -0.05) is 0 Å². The first-order valence-corrected chi connectivity index (χ1v) is 11.4. The summed E-state index contributed by atoms with van der Waals surface area (Å²) < 4.78 is 44.0. The monoisotopic (exact) mass is 452 g/mol. The molecule has 5 nitrogen and oxygen atoms in total. The van der Waals surface area contributed by atoms with Gasteiger partial charge in [0.15, 0.2) is 0 Å². The Morgan fingerprint density at radius 3 is 2.70 bits per heavy atom. The maximum Gasteiger partial charge on any atom is 0.417 e. The van der Waals surface area contributed by atoms with Gasteiger partial charge in [0, 0.05) is 29.5 Å². The molecule has 158 valence electrons. The van der Waals surface area contributed by atoms with Crippen LogP contribution in [-0.4, -0.2) is 46.2 Å². The molecule has 1 aliphatic carbocycles. The van der Waals surface area contributed by atoms with E-state index in [0.717, 1.165) is 65.7 Å². The van der Waals surface area contributed by atoms with Gasteiger partial charge < -0.3 is 4.74 Å². The Hall–Kier alpha value is -1.75. The number of morpholine rings is 1. The molecule has 10 heteroatoms. The molecule has 5 rings (SSSR count). The van der Waals surface area contributed by atoms with Gasteiger partial charge in [0.1, 0.15) is 20.7 Å². The molecule has 1 fully saturated rings. The summed E-state index contributed by atoms with van der Waals surface area (Å²) in [7, 11) is 0. The first kappa shape index (κ1) is 20.2. The number of fused-ring (bicyclic) bond motifs is 3. The van der Waals surface area contributed by atoms with Crippen molar-refractivity contribution in [3.05, 3.63) is 40.2 Å². The van der Waals surface area contributed by atoms with Crippen molar-refractivity contribution in [1.29, 1.82) is 0 Å². The van der Waals surface area contributed by atoms with E-state index >= 15 is 0 Å². The van der Waals surface area contributed by atoms with E-state index in [1.165, 1.54) is 28.3 Å². The minimum atomic E-state index is -4.39. The highest BCUT2D eigenvalue weighted by Gasteiger charge is 2.31. The molecule has 3 aromatic rings. The van der Waals surface area contributed by atoms with Crippen LogP contribution in [0.2, 0.25) is 0 Å². The molecule has 0 N–H and O–H groups in total. The molecule has 0 spiro atoms. The van der Waals surface area contributed by atoms with Crippen LogP contribution in [0.4, 0.5) is 13.2 Å². The Kier molecular flexibility index (Phi) is 5.42. The lowest BCUT2D eigenvalue weighted by Crippen LogP contribution is -2.36. The number of hydrogen-bond acceptors (Lipinski definition) is 7. The van der Waals surface area contributed by atoms with Gasteiger partial charge in [0.05, 0.1) is 25.3 Å². The van der Waals surface area contributed by atoms with E-state index in [1.807, 2.05) is 0 Å². The highest BCUT2D eigenvalue weighted by molar-refractivity contribution is 7.99. The van der Waals surface area contributed by atoms with Crippen LogP contribution >= 0.6 is 23.1 Å². The molecule has 4 heterocycles. The number of aromatic nitrogens is 3. The maximum atomic E-state index is 12.9. The summed E-state index contributed by atoms with van der Waals surface area (Å²) in [6.07, 6.45) is -0.339. The molecule has 30 heavy (non-hydrogen) atoms. The predicted octanol–water partition coefficient (Wildman–Crippen LogP) is 4.58. The Bertz CT molecular complexity index is 1060. The Morgan fingerprint density at radius 1 is 1.13 bits per heavy atom. The van der Waals surface area contributed by atoms with Gasteiger partial charge in [0.25, 0.3) is 0 Å². The smallest absolute Gasteiger partial charge is 0.379 e. The van der Waals surface area contributed by atoms with E-state index in [9.17, 15) is 13.2 Å². The van der Waals surface area contributed by atoms with Crippen LogP contribution in [-0.2, 0) is 30.3 Å². The van der Waals surface area contributed by atoms with Gasteiger partial charge in [-0.3, -0.25) is 4.90 Å². The van der Waals surface area contributed by atoms with Crippen molar-refractivity contribution >= 4 is 33.3 Å². The van der Waals surface area contributed by atoms with Crippen molar-refractivity contribution in [2.45, 2.75) is 42.0 Å². The Labute approximate surface area is 179 Å².